The highest BCUT2D eigenvalue weighted by Gasteiger charge is 2.24. The molecule has 3 rings (SSSR count). The van der Waals surface area contributed by atoms with Gasteiger partial charge in [0.05, 0.1) is 6.04 Å². The zero-order valence-electron chi connectivity index (χ0n) is 7.38. The third-order valence-corrected chi connectivity index (χ3v) is 2.74. The molecule has 0 spiro atoms. The van der Waals surface area contributed by atoms with Crippen LogP contribution in [0.25, 0.3) is 6.08 Å². The molecular weight excluding hydrogens is 160 g/mol. The first-order valence-electron chi connectivity index (χ1n) is 4.74. The summed E-state index contributed by atoms with van der Waals surface area (Å²) in [5.41, 5.74) is 3.90. The zero-order chi connectivity index (χ0) is 8.67. The zero-order valence-corrected chi connectivity index (χ0v) is 7.38. The Labute approximate surface area is 77.7 Å². The Bertz CT molecular complexity index is 368. The van der Waals surface area contributed by atoms with Crippen molar-refractivity contribution in [1.29, 1.82) is 0 Å². The van der Waals surface area contributed by atoms with Crippen LogP contribution in [0.5, 0.6) is 0 Å². The topological polar surface area (TPSA) is 24.1 Å². The van der Waals surface area contributed by atoms with Crippen molar-refractivity contribution in [3.8, 4) is 0 Å². The summed E-state index contributed by atoms with van der Waals surface area (Å²) in [7, 11) is 0. The molecule has 0 aliphatic carbocycles. The molecule has 1 fully saturated rings. The summed E-state index contributed by atoms with van der Waals surface area (Å²) in [4.78, 5) is 0. The molecule has 2 heterocycles. The molecule has 0 amide bonds. The molecule has 2 nitrogen and oxygen atoms in total. The summed E-state index contributed by atoms with van der Waals surface area (Å²) in [6, 6.07) is 8.96. The summed E-state index contributed by atoms with van der Waals surface area (Å²) in [5.74, 6) is 0. The summed E-state index contributed by atoms with van der Waals surface area (Å²) in [6.07, 6.45) is 3.45. The van der Waals surface area contributed by atoms with Gasteiger partial charge in [-0.05, 0) is 24.1 Å². The molecule has 2 N–H and O–H groups in total. The van der Waals surface area contributed by atoms with Crippen LogP contribution in [0.3, 0.4) is 0 Å². The van der Waals surface area contributed by atoms with Crippen LogP contribution in [0.4, 0.5) is 5.69 Å². The van der Waals surface area contributed by atoms with E-state index in [2.05, 4.69) is 41.0 Å². The number of nitrogens with one attached hydrogen (secondary N) is 2. The SMILES string of the molecule is C1=C2NCCC2Nc2ccccc21. The summed E-state index contributed by atoms with van der Waals surface area (Å²) in [5, 5.41) is 6.93. The molecule has 66 valence electrons. The number of hydrogen-bond donors (Lipinski definition) is 2. The van der Waals surface area contributed by atoms with E-state index in [-0.39, 0.29) is 0 Å². The van der Waals surface area contributed by atoms with Crippen molar-refractivity contribution in [2.75, 3.05) is 11.9 Å². The largest absolute Gasteiger partial charge is 0.387 e. The average Bonchev–Trinajstić information content (AvgIpc) is 2.61. The van der Waals surface area contributed by atoms with Gasteiger partial charge in [0.15, 0.2) is 0 Å². The Hall–Kier alpha value is -1.44. The van der Waals surface area contributed by atoms with Crippen molar-refractivity contribution in [3.05, 3.63) is 35.5 Å². The first-order valence-corrected chi connectivity index (χ1v) is 4.74. The van der Waals surface area contributed by atoms with Gasteiger partial charge in [-0.25, -0.2) is 0 Å². The summed E-state index contributed by atoms with van der Waals surface area (Å²) < 4.78 is 0. The van der Waals surface area contributed by atoms with E-state index in [1.54, 1.807) is 0 Å². The van der Waals surface area contributed by atoms with Gasteiger partial charge in [-0.15, -0.1) is 0 Å². The fraction of sp³-hybridized carbons (Fsp3) is 0.273. The van der Waals surface area contributed by atoms with Gasteiger partial charge in [0.1, 0.15) is 0 Å². The lowest BCUT2D eigenvalue weighted by Crippen LogP contribution is -2.23. The van der Waals surface area contributed by atoms with E-state index >= 15 is 0 Å². The smallest absolute Gasteiger partial charge is 0.0677 e. The first kappa shape index (κ1) is 7.01. The average molecular weight is 172 g/mol. The molecule has 1 atom stereocenters. The number of hydrogen-bond acceptors (Lipinski definition) is 2. The molecule has 1 aromatic rings. The van der Waals surface area contributed by atoms with Crippen LogP contribution in [0.1, 0.15) is 12.0 Å². The fourth-order valence-electron chi connectivity index (χ4n) is 2.05. The minimum absolute atomic E-state index is 0.523. The third-order valence-electron chi connectivity index (χ3n) is 2.74. The Morgan fingerprint density at radius 2 is 2.15 bits per heavy atom. The number of benzene rings is 1. The second kappa shape index (κ2) is 2.52. The van der Waals surface area contributed by atoms with E-state index < -0.39 is 0 Å². The normalized spacial score (nSPS) is 23.7. The van der Waals surface area contributed by atoms with Crippen LogP contribution >= 0.6 is 0 Å². The Balaban J connectivity index is 2.10. The molecule has 13 heavy (non-hydrogen) atoms. The predicted octanol–water partition coefficient (Wildman–Crippen LogP) is 1.81. The molecule has 2 aliphatic rings. The molecule has 1 unspecified atom stereocenters. The third kappa shape index (κ3) is 1.02. The lowest BCUT2D eigenvalue weighted by Gasteiger charge is -2.22. The van der Waals surface area contributed by atoms with Crippen molar-refractivity contribution in [1.82, 2.24) is 5.32 Å². The van der Waals surface area contributed by atoms with Crippen LogP contribution in [-0.4, -0.2) is 12.6 Å². The van der Waals surface area contributed by atoms with Crippen molar-refractivity contribution < 1.29 is 0 Å². The van der Waals surface area contributed by atoms with Crippen LogP contribution in [0.15, 0.2) is 30.0 Å². The van der Waals surface area contributed by atoms with Crippen LogP contribution in [0.2, 0.25) is 0 Å². The van der Waals surface area contributed by atoms with E-state index in [4.69, 9.17) is 0 Å². The predicted molar refractivity (Wildman–Crippen MR) is 54.4 cm³/mol. The van der Waals surface area contributed by atoms with Gasteiger partial charge in [-0.1, -0.05) is 18.2 Å². The lowest BCUT2D eigenvalue weighted by atomic mass is 10.0. The van der Waals surface area contributed by atoms with Crippen LogP contribution in [0, 0.1) is 0 Å². The van der Waals surface area contributed by atoms with E-state index in [9.17, 15) is 0 Å². The van der Waals surface area contributed by atoms with E-state index in [0.29, 0.717) is 6.04 Å². The van der Waals surface area contributed by atoms with Crippen molar-refractivity contribution in [2.45, 2.75) is 12.5 Å². The Kier molecular flexibility index (Phi) is 1.36. The van der Waals surface area contributed by atoms with Gasteiger partial charge >= 0.3 is 0 Å². The Morgan fingerprint density at radius 1 is 1.23 bits per heavy atom. The van der Waals surface area contributed by atoms with E-state index in [0.717, 1.165) is 6.54 Å². The van der Waals surface area contributed by atoms with Gasteiger partial charge in [-0.3, -0.25) is 0 Å². The highest BCUT2D eigenvalue weighted by atomic mass is 15.1. The number of anilines is 1. The van der Waals surface area contributed by atoms with Gasteiger partial charge in [0, 0.05) is 17.9 Å². The number of para-hydroxylation sites is 1. The molecule has 2 heteroatoms. The Morgan fingerprint density at radius 3 is 3.15 bits per heavy atom. The van der Waals surface area contributed by atoms with Gasteiger partial charge in [0.2, 0.25) is 0 Å². The molecule has 0 saturated carbocycles. The minimum atomic E-state index is 0.523. The second-order valence-electron chi connectivity index (χ2n) is 3.60. The highest BCUT2D eigenvalue weighted by Crippen LogP contribution is 2.28. The fourth-order valence-corrected chi connectivity index (χ4v) is 2.05. The quantitative estimate of drug-likeness (QED) is 0.623. The van der Waals surface area contributed by atoms with Crippen LogP contribution in [-0.2, 0) is 0 Å². The number of fused-ring (bicyclic) bond motifs is 2. The maximum atomic E-state index is 3.53. The number of rotatable bonds is 0. The van der Waals surface area contributed by atoms with Crippen molar-refractivity contribution >= 4 is 11.8 Å². The van der Waals surface area contributed by atoms with E-state index in [1.165, 1.54) is 23.4 Å². The molecule has 0 bridgehead atoms. The minimum Gasteiger partial charge on any atom is -0.387 e. The maximum absolute atomic E-state index is 3.53. The van der Waals surface area contributed by atoms with Crippen LogP contribution < -0.4 is 10.6 Å². The lowest BCUT2D eigenvalue weighted by molar-refractivity contribution is 0.848. The van der Waals surface area contributed by atoms with Crippen molar-refractivity contribution in [2.24, 2.45) is 0 Å². The highest BCUT2D eigenvalue weighted by molar-refractivity contribution is 5.73. The molecule has 1 aromatic carbocycles. The van der Waals surface area contributed by atoms with Crippen molar-refractivity contribution in [3.63, 3.8) is 0 Å². The molecule has 1 saturated heterocycles. The standard InChI is InChI=1S/C11H12N2/c1-2-4-9-8(3-1)7-11-10(13-9)5-6-12-11/h1-4,7,10,12-13H,5-6H2. The molecule has 2 aliphatic heterocycles. The van der Waals surface area contributed by atoms with Gasteiger partial charge in [0.25, 0.3) is 0 Å². The second-order valence-corrected chi connectivity index (χ2v) is 3.60. The molecular formula is C11H12N2. The molecule has 0 radical (unpaired) electrons. The van der Waals surface area contributed by atoms with E-state index in [1.807, 2.05) is 0 Å². The maximum Gasteiger partial charge on any atom is 0.0677 e. The summed E-state index contributed by atoms with van der Waals surface area (Å²) in [6.45, 7) is 1.09. The molecule has 0 aromatic heterocycles. The van der Waals surface area contributed by atoms with Gasteiger partial charge in [-0.2, -0.15) is 0 Å². The first-order chi connectivity index (χ1) is 6.43. The van der Waals surface area contributed by atoms with Gasteiger partial charge < -0.3 is 10.6 Å². The summed E-state index contributed by atoms with van der Waals surface area (Å²) >= 11 is 0. The monoisotopic (exact) mass is 172 g/mol.